The summed E-state index contributed by atoms with van der Waals surface area (Å²) in [4.78, 5) is 11.2. The van der Waals surface area contributed by atoms with Crippen LogP contribution in [0.2, 0.25) is 0 Å². The number of benzene rings is 1. The number of rotatable bonds is 2. The fraction of sp³-hybridized carbons (Fsp3) is 0.417. The fourth-order valence-electron chi connectivity index (χ4n) is 1.78. The van der Waals surface area contributed by atoms with Crippen molar-refractivity contribution in [1.29, 1.82) is 0 Å². The molecule has 1 aromatic carbocycles. The second-order valence-electron chi connectivity index (χ2n) is 4.58. The molecule has 21 heavy (non-hydrogen) atoms. The maximum Gasteiger partial charge on any atom is 0.491 e. The highest BCUT2D eigenvalue weighted by Crippen LogP contribution is 2.41. The van der Waals surface area contributed by atoms with Gasteiger partial charge >= 0.3 is 12.5 Å². The monoisotopic (exact) mass is 375 g/mol. The van der Waals surface area contributed by atoms with Gasteiger partial charge in [-0.05, 0) is 31.0 Å². The smallest absolute Gasteiger partial charge is 0.274 e. The lowest BCUT2D eigenvalue weighted by Crippen LogP contribution is -2.44. The van der Waals surface area contributed by atoms with E-state index in [-0.39, 0.29) is 4.47 Å². The van der Waals surface area contributed by atoms with E-state index in [1.807, 2.05) is 0 Å². The lowest BCUT2D eigenvalue weighted by Gasteiger charge is -2.26. The van der Waals surface area contributed by atoms with Crippen LogP contribution >= 0.6 is 15.9 Å². The van der Waals surface area contributed by atoms with E-state index in [4.69, 9.17) is 0 Å². The third-order valence-electron chi connectivity index (χ3n) is 2.91. The third kappa shape index (κ3) is 3.50. The van der Waals surface area contributed by atoms with E-state index >= 15 is 0 Å². The largest absolute Gasteiger partial charge is 0.491 e. The number of anilines is 1. The molecule has 9 heteroatoms. The van der Waals surface area contributed by atoms with Crippen molar-refractivity contribution in [2.75, 3.05) is 4.90 Å². The first-order valence-corrected chi connectivity index (χ1v) is 6.58. The van der Waals surface area contributed by atoms with Gasteiger partial charge in [0, 0.05) is 10.4 Å². The predicted molar refractivity (Wildman–Crippen MR) is 65.4 cm³/mol. The Morgan fingerprint density at radius 3 is 2.14 bits per heavy atom. The van der Waals surface area contributed by atoms with Crippen LogP contribution in [0.5, 0.6) is 0 Å². The second-order valence-corrected chi connectivity index (χ2v) is 5.43. The van der Waals surface area contributed by atoms with E-state index in [9.17, 15) is 31.1 Å². The molecule has 1 aliphatic rings. The molecule has 0 aliphatic heterocycles. The molecule has 0 N–H and O–H groups in total. The molecule has 116 valence electrons. The minimum absolute atomic E-state index is 0.314. The number of amides is 1. The summed E-state index contributed by atoms with van der Waals surface area (Å²) in [6, 6.07) is 1.99. The molecule has 1 fully saturated rings. The normalized spacial score (nSPS) is 16.0. The van der Waals surface area contributed by atoms with Crippen molar-refractivity contribution in [3.8, 4) is 0 Å². The van der Waals surface area contributed by atoms with E-state index in [1.54, 1.807) is 0 Å². The molecule has 2 rings (SSSR count). The molecule has 0 atom stereocenters. The molecule has 0 bridgehead atoms. The Morgan fingerprint density at radius 1 is 1.14 bits per heavy atom. The first-order valence-electron chi connectivity index (χ1n) is 5.79. The number of carbonyl (C=O) groups is 1. The quantitative estimate of drug-likeness (QED) is 0.540. The third-order valence-corrected chi connectivity index (χ3v) is 3.61. The average Bonchev–Trinajstić information content (AvgIpc) is 3.11. The Kier molecular flexibility index (Phi) is 3.98. The Hall–Kier alpha value is -1.25. The summed E-state index contributed by atoms with van der Waals surface area (Å²) in [6.07, 6.45) is -9.27. The van der Waals surface area contributed by atoms with Crippen LogP contribution in [0.25, 0.3) is 0 Å². The number of hydrogen-bond donors (Lipinski definition) is 0. The number of carbonyl (C=O) groups excluding carboxylic acids is 1. The predicted octanol–water partition coefficient (Wildman–Crippen LogP) is 4.73. The van der Waals surface area contributed by atoms with Crippen molar-refractivity contribution in [2.45, 2.75) is 25.3 Å². The van der Waals surface area contributed by atoms with Crippen molar-refractivity contribution >= 4 is 27.5 Å². The Labute approximate surface area is 123 Å². The van der Waals surface area contributed by atoms with Gasteiger partial charge in [-0.15, -0.1) is 13.2 Å². The highest BCUT2D eigenvalue weighted by atomic mass is 79.9. The van der Waals surface area contributed by atoms with Gasteiger partial charge in [0.15, 0.2) is 0 Å². The van der Waals surface area contributed by atoms with Gasteiger partial charge in [-0.3, -0.25) is 4.79 Å². The molecule has 0 aromatic heterocycles. The van der Waals surface area contributed by atoms with Crippen LogP contribution in [0.1, 0.15) is 18.4 Å². The second kappa shape index (κ2) is 5.19. The van der Waals surface area contributed by atoms with Crippen LogP contribution in [0.4, 0.5) is 32.0 Å². The zero-order valence-electron chi connectivity index (χ0n) is 10.2. The number of alkyl halides is 6. The van der Waals surface area contributed by atoms with Crippen molar-refractivity contribution in [2.24, 2.45) is 5.92 Å². The minimum atomic E-state index is -5.07. The molecule has 1 saturated carbocycles. The lowest BCUT2D eigenvalue weighted by atomic mass is 10.1. The molecule has 1 aromatic rings. The summed E-state index contributed by atoms with van der Waals surface area (Å²) in [7, 11) is 0. The standard InChI is InChI=1S/C12H8BrF6NO/c13-9-4-3-7(5-8(9)11(14,15)16)20(12(17,18)19)10(21)6-1-2-6/h3-6H,1-2H2. The van der Waals surface area contributed by atoms with Crippen LogP contribution in [0, 0.1) is 5.92 Å². The van der Waals surface area contributed by atoms with Gasteiger partial charge < -0.3 is 0 Å². The van der Waals surface area contributed by atoms with Crippen LogP contribution in [0.15, 0.2) is 22.7 Å². The van der Waals surface area contributed by atoms with Gasteiger partial charge in [0.25, 0.3) is 0 Å². The molecule has 1 aliphatic carbocycles. The molecule has 0 unspecified atom stereocenters. The summed E-state index contributed by atoms with van der Waals surface area (Å²) in [5, 5.41) is 0. The lowest BCUT2D eigenvalue weighted by molar-refractivity contribution is -0.151. The molecule has 0 spiro atoms. The average molecular weight is 376 g/mol. The first kappa shape index (κ1) is 16.1. The summed E-state index contributed by atoms with van der Waals surface area (Å²) in [6.45, 7) is 0. The van der Waals surface area contributed by atoms with E-state index in [1.165, 1.54) is 0 Å². The van der Waals surface area contributed by atoms with Crippen LogP contribution in [-0.4, -0.2) is 12.2 Å². The fourth-order valence-corrected chi connectivity index (χ4v) is 2.25. The van der Waals surface area contributed by atoms with Crippen LogP contribution in [0.3, 0.4) is 0 Å². The molecular weight excluding hydrogens is 368 g/mol. The number of hydrogen-bond acceptors (Lipinski definition) is 1. The SMILES string of the molecule is O=C(C1CC1)N(c1ccc(Br)c(C(F)(F)F)c1)C(F)(F)F. The van der Waals surface area contributed by atoms with Crippen molar-refractivity contribution in [3.05, 3.63) is 28.2 Å². The van der Waals surface area contributed by atoms with Crippen molar-refractivity contribution in [3.63, 3.8) is 0 Å². The van der Waals surface area contributed by atoms with E-state index in [0.717, 1.165) is 12.1 Å². The number of nitrogens with zero attached hydrogens (tertiary/aromatic N) is 1. The van der Waals surface area contributed by atoms with Gasteiger partial charge in [0.2, 0.25) is 5.91 Å². The minimum Gasteiger partial charge on any atom is -0.274 e. The Morgan fingerprint density at radius 2 is 1.71 bits per heavy atom. The van der Waals surface area contributed by atoms with E-state index in [0.29, 0.717) is 18.9 Å². The molecule has 2 nitrogen and oxygen atoms in total. The van der Waals surface area contributed by atoms with Crippen molar-refractivity contribution in [1.82, 2.24) is 0 Å². The molecule has 1 amide bonds. The molecule has 0 heterocycles. The van der Waals surface area contributed by atoms with Gasteiger partial charge in [-0.1, -0.05) is 15.9 Å². The molecule has 0 saturated heterocycles. The molecule has 0 radical (unpaired) electrons. The summed E-state index contributed by atoms with van der Waals surface area (Å²) in [5.41, 5.74) is -2.10. The highest BCUT2D eigenvalue weighted by molar-refractivity contribution is 9.10. The zero-order chi connectivity index (χ0) is 16.0. The van der Waals surface area contributed by atoms with Gasteiger partial charge in [-0.2, -0.15) is 13.2 Å². The summed E-state index contributed by atoms with van der Waals surface area (Å²) < 4.78 is 76.8. The van der Waals surface area contributed by atoms with E-state index < -0.39 is 40.5 Å². The van der Waals surface area contributed by atoms with Gasteiger partial charge in [0.1, 0.15) is 0 Å². The van der Waals surface area contributed by atoms with Gasteiger partial charge in [0.05, 0.1) is 11.3 Å². The maximum atomic E-state index is 13.0. The topological polar surface area (TPSA) is 20.3 Å². The Balaban J connectivity index is 2.48. The zero-order valence-corrected chi connectivity index (χ0v) is 11.8. The van der Waals surface area contributed by atoms with Crippen molar-refractivity contribution < 1.29 is 31.1 Å². The number of halogens is 7. The Bertz CT molecular complexity index is 564. The van der Waals surface area contributed by atoms with E-state index in [2.05, 4.69) is 15.9 Å². The van der Waals surface area contributed by atoms with Crippen LogP contribution in [-0.2, 0) is 11.0 Å². The summed E-state index contributed by atoms with van der Waals surface area (Å²) >= 11 is 2.64. The summed E-state index contributed by atoms with van der Waals surface area (Å²) in [5.74, 6) is -2.00. The van der Waals surface area contributed by atoms with Gasteiger partial charge in [-0.25, -0.2) is 4.90 Å². The first-order chi connectivity index (χ1) is 9.51. The molecular formula is C12H8BrF6NO. The maximum absolute atomic E-state index is 13.0. The van der Waals surface area contributed by atoms with Crippen LogP contribution < -0.4 is 4.90 Å². The highest BCUT2D eigenvalue weighted by Gasteiger charge is 2.48.